The minimum absolute atomic E-state index is 0.0250. The number of esters is 2. The molecule has 9 nitrogen and oxygen atoms in total. The minimum Gasteiger partial charge on any atom is -0.496 e. The average molecular weight is 623 g/mol. The first kappa shape index (κ1) is 31.2. The van der Waals surface area contributed by atoms with Crippen LogP contribution in [0.4, 0.5) is 0 Å². The van der Waals surface area contributed by atoms with Crippen LogP contribution < -0.4 is 14.8 Å². The van der Waals surface area contributed by atoms with E-state index >= 15 is 0 Å². The van der Waals surface area contributed by atoms with E-state index in [1.807, 2.05) is 61.5 Å². The Morgan fingerprint density at radius 2 is 1.72 bits per heavy atom. The van der Waals surface area contributed by atoms with Crippen LogP contribution in [0.1, 0.15) is 60.5 Å². The molecule has 46 heavy (non-hydrogen) atoms. The van der Waals surface area contributed by atoms with E-state index in [0.29, 0.717) is 25.7 Å². The third-order valence-electron chi connectivity index (χ3n) is 9.96. The Bertz CT molecular complexity index is 1730. The highest BCUT2D eigenvalue weighted by molar-refractivity contribution is 5.98. The van der Waals surface area contributed by atoms with Crippen molar-refractivity contribution >= 4 is 28.6 Å². The first-order valence-corrected chi connectivity index (χ1v) is 15.7. The fourth-order valence-corrected chi connectivity index (χ4v) is 7.26. The number of hydrogen-bond acceptors (Lipinski definition) is 8. The second-order valence-electron chi connectivity index (χ2n) is 12.7. The van der Waals surface area contributed by atoms with Crippen LogP contribution in [-0.4, -0.2) is 44.2 Å². The number of carbonyl (C=O) groups is 3. The molecule has 2 bridgehead atoms. The first-order chi connectivity index (χ1) is 22.2. The molecule has 0 radical (unpaired) electrons. The van der Waals surface area contributed by atoms with Crippen molar-refractivity contribution in [2.24, 2.45) is 23.2 Å². The van der Waals surface area contributed by atoms with Gasteiger partial charge in [-0.3, -0.25) is 14.4 Å². The van der Waals surface area contributed by atoms with Crippen molar-refractivity contribution in [3.8, 4) is 17.6 Å². The lowest BCUT2D eigenvalue weighted by atomic mass is 9.74. The van der Waals surface area contributed by atoms with Crippen LogP contribution in [-0.2, 0) is 25.7 Å². The summed E-state index contributed by atoms with van der Waals surface area (Å²) in [5, 5.41) is 15.1. The molecular weight excluding hydrogens is 584 g/mol. The summed E-state index contributed by atoms with van der Waals surface area (Å²) in [4.78, 5) is 39.4. The average Bonchev–Trinajstić information content (AvgIpc) is 3.70. The SMILES string of the molecule is COC(=O)[C@@H]1[C@H](NC(=O)c2cc(OC3CCC(C)(C(=O)OCc4cccc5ccccc45)CC3)c(C#N)cc2OC)[C@@H]2C=C[C@H]1C2. The number of allylic oxidation sites excluding steroid dienone is 1. The summed E-state index contributed by atoms with van der Waals surface area (Å²) in [5.41, 5.74) is 0.767. The summed E-state index contributed by atoms with van der Waals surface area (Å²) in [7, 11) is 2.79. The number of fused-ring (bicyclic) bond motifs is 3. The number of benzene rings is 3. The molecule has 0 unspecified atom stereocenters. The number of nitriles is 1. The van der Waals surface area contributed by atoms with Crippen molar-refractivity contribution in [1.29, 1.82) is 5.26 Å². The molecule has 3 aromatic carbocycles. The molecule has 3 aromatic rings. The maximum absolute atomic E-state index is 13.6. The Morgan fingerprint density at radius 1 is 0.978 bits per heavy atom. The molecule has 0 spiro atoms. The Hall–Kier alpha value is -4.84. The third kappa shape index (κ3) is 5.92. The highest BCUT2D eigenvalue weighted by Crippen LogP contribution is 2.45. The zero-order valence-electron chi connectivity index (χ0n) is 26.3. The van der Waals surface area contributed by atoms with Gasteiger partial charge in [-0.15, -0.1) is 0 Å². The number of nitrogens with zero attached hydrogens (tertiary/aromatic N) is 1. The van der Waals surface area contributed by atoms with Gasteiger partial charge in [-0.25, -0.2) is 0 Å². The standard InChI is InChI=1S/C37H38N2O7/c1-37(36(42)45-21-25-9-6-8-22-7-4-5-10-28(22)25)15-13-27(14-16-37)46-30-19-29(31(43-2)18-26(30)20-38)34(40)39-33-24-12-11-23(17-24)32(33)35(41)44-3/h4-12,18-19,23-24,27,32-33H,13-17,21H2,1-3H3,(H,39,40)/t23-,24+,27?,32-,33+,37?/m0/s1. The molecule has 1 amide bonds. The summed E-state index contributed by atoms with van der Waals surface area (Å²) in [6, 6.07) is 18.8. The van der Waals surface area contributed by atoms with E-state index in [1.165, 1.54) is 26.4 Å². The molecule has 0 aromatic heterocycles. The number of hydrogen-bond donors (Lipinski definition) is 1. The van der Waals surface area contributed by atoms with Crippen molar-refractivity contribution in [2.45, 2.75) is 57.8 Å². The predicted molar refractivity (Wildman–Crippen MR) is 170 cm³/mol. The molecule has 3 aliphatic rings. The monoisotopic (exact) mass is 622 g/mol. The molecule has 0 aliphatic heterocycles. The number of amides is 1. The van der Waals surface area contributed by atoms with Gasteiger partial charge in [-0.2, -0.15) is 5.26 Å². The van der Waals surface area contributed by atoms with Gasteiger partial charge >= 0.3 is 11.9 Å². The summed E-state index contributed by atoms with van der Waals surface area (Å²) in [6.45, 7) is 2.13. The quantitative estimate of drug-likeness (QED) is 0.232. The molecule has 0 heterocycles. The molecular formula is C37H38N2O7. The third-order valence-corrected chi connectivity index (χ3v) is 9.96. The van der Waals surface area contributed by atoms with Gasteiger partial charge in [0.25, 0.3) is 5.91 Å². The van der Waals surface area contributed by atoms with E-state index in [2.05, 4.69) is 11.4 Å². The Kier molecular flexibility index (Phi) is 8.72. The first-order valence-electron chi connectivity index (χ1n) is 15.7. The van der Waals surface area contributed by atoms with Crippen molar-refractivity contribution < 1.29 is 33.3 Å². The Morgan fingerprint density at radius 3 is 2.46 bits per heavy atom. The van der Waals surface area contributed by atoms with Gasteiger partial charge in [0.05, 0.1) is 42.8 Å². The summed E-state index contributed by atoms with van der Waals surface area (Å²) in [6.07, 6.45) is 6.86. The minimum atomic E-state index is -0.654. The van der Waals surface area contributed by atoms with E-state index in [4.69, 9.17) is 18.9 Å². The number of nitrogens with one attached hydrogen (secondary N) is 1. The highest BCUT2D eigenvalue weighted by Gasteiger charge is 2.49. The van der Waals surface area contributed by atoms with Gasteiger partial charge in [0, 0.05) is 12.1 Å². The molecule has 6 rings (SSSR count). The van der Waals surface area contributed by atoms with Crippen molar-refractivity contribution in [3.63, 3.8) is 0 Å². The number of carbonyl (C=O) groups excluding carboxylic acids is 3. The van der Waals surface area contributed by atoms with Crippen LogP contribution >= 0.6 is 0 Å². The lowest BCUT2D eigenvalue weighted by Crippen LogP contribution is -2.46. The molecule has 0 saturated heterocycles. The van der Waals surface area contributed by atoms with Crippen LogP contribution in [0.25, 0.3) is 10.8 Å². The Labute approximate surface area is 268 Å². The topological polar surface area (TPSA) is 124 Å². The molecule has 4 atom stereocenters. The van der Waals surface area contributed by atoms with Gasteiger partial charge in [0.2, 0.25) is 0 Å². The Balaban J connectivity index is 1.11. The summed E-state index contributed by atoms with van der Waals surface area (Å²) >= 11 is 0. The van der Waals surface area contributed by atoms with Crippen LogP contribution in [0.3, 0.4) is 0 Å². The zero-order valence-corrected chi connectivity index (χ0v) is 26.3. The van der Waals surface area contributed by atoms with Crippen molar-refractivity contribution in [1.82, 2.24) is 5.32 Å². The smallest absolute Gasteiger partial charge is 0.312 e. The second kappa shape index (κ2) is 12.9. The largest absolute Gasteiger partial charge is 0.496 e. The maximum atomic E-state index is 13.6. The van der Waals surface area contributed by atoms with Gasteiger partial charge in [0.15, 0.2) is 0 Å². The summed E-state index contributed by atoms with van der Waals surface area (Å²) in [5.74, 6) is -0.890. The molecule has 238 valence electrons. The normalized spacial score (nSPS) is 26.3. The van der Waals surface area contributed by atoms with Crippen molar-refractivity contribution in [2.75, 3.05) is 14.2 Å². The molecule has 1 N–H and O–H groups in total. The van der Waals surface area contributed by atoms with Gasteiger partial charge in [-0.1, -0.05) is 54.6 Å². The fourth-order valence-electron chi connectivity index (χ4n) is 7.26. The lowest BCUT2D eigenvalue weighted by molar-refractivity contribution is -0.159. The maximum Gasteiger partial charge on any atom is 0.312 e. The fraction of sp³-hybridized carbons (Fsp3) is 0.405. The number of rotatable bonds is 9. The van der Waals surface area contributed by atoms with Crippen LogP contribution in [0.5, 0.6) is 11.5 Å². The van der Waals surface area contributed by atoms with E-state index in [-0.39, 0.29) is 59.1 Å². The van der Waals surface area contributed by atoms with E-state index in [0.717, 1.165) is 22.8 Å². The van der Waals surface area contributed by atoms with Gasteiger partial charge in [-0.05, 0) is 73.3 Å². The lowest BCUT2D eigenvalue weighted by Gasteiger charge is -2.35. The molecule has 3 aliphatic carbocycles. The zero-order chi connectivity index (χ0) is 32.4. The van der Waals surface area contributed by atoms with E-state index in [9.17, 15) is 19.6 Å². The van der Waals surface area contributed by atoms with Crippen molar-refractivity contribution in [3.05, 3.63) is 83.4 Å². The highest BCUT2D eigenvalue weighted by atomic mass is 16.5. The molecule has 9 heteroatoms. The van der Waals surface area contributed by atoms with Crippen LogP contribution in [0, 0.1) is 34.5 Å². The van der Waals surface area contributed by atoms with Gasteiger partial charge < -0.3 is 24.3 Å². The number of methoxy groups -OCH3 is 2. The molecule has 2 fully saturated rings. The van der Waals surface area contributed by atoms with E-state index in [1.54, 1.807) is 0 Å². The predicted octanol–water partition coefficient (Wildman–Crippen LogP) is 5.88. The number of ether oxygens (including phenoxy) is 4. The molecule has 2 saturated carbocycles. The van der Waals surface area contributed by atoms with E-state index < -0.39 is 23.3 Å². The summed E-state index contributed by atoms with van der Waals surface area (Å²) < 4.78 is 22.7. The van der Waals surface area contributed by atoms with Crippen LogP contribution in [0.15, 0.2) is 66.7 Å². The second-order valence-corrected chi connectivity index (χ2v) is 12.7. The van der Waals surface area contributed by atoms with Gasteiger partial charge in [0.1, 0.15) is 24.2 Å². The van der Waals surface area contributed by atoms with Crippen LogP contribution in [0.2, 0.25) is 0 Å².